The highest BCUT2D eigenvalue weighted by Crippen LogP contribution is 2.37. The number of carbonyl (C=O) groups excluding carboxylic acids is 3. The predicted octanol–water partition coefficient (Wildman–Crippen LogP) is 2.81. The molecule has 2 heterocycles. The van der Waals surface area contributed by atoms with E-state index >= 15 is 0 Å². The van der Waals surface area contributed by atoms with Gasteiger partial charge in [-0.2, -0.15) is 0 Å². The smallest absolute Gasteiger partial charge is 0.322 e. The molecule has 1 fully saturated rings. The molecule has 2 aliphatic heterocycles. The number of imide groups is 1. The number of urea groups is 1. The van der Waals surface area contributed by atoms with Crippen molar-refractivity contribution in [2.75, 3.05) is 32.1 Å². The minimum absolute atomic E-state index is 0.283. The third-order valence-electron chi connectivity index (χ3n) is 6.11. The van der Waals surface area contributed by atoms with Gasteiger partial charge in [-0.15, -0.1) is 0 Å². The molecule has 0 aliphatic carbocycles. The molecule has 3 N–H and O–H groups in total. The van der Waals surface area contributed by atoms with Crippen molar-refractivity contribution >= 4 is 23.5 Å². The van der Waals surface area contributed by atoms with Gasteiger partial charge in [0.2, 0.25) is 0 Å². The molecule has 1 aromatic carbocycles. The Balaban J connectivity index is 1.92. The number of amides is 4. The zero-order valence-corrected chi connectivity index (χ0v) is 18.5. The Hall–Kier alpha value is -2.87. The Kier molecular flexibility index (Phi) is 7.33. The van der Waals surface area contributed by atoms with E-state index in [0.717, 1.165) is 25.7 Å². The standard InChI is InChI=1S/C23H32N4O4/c1-4-5-6-7-12-23(19-16(2)20(28)26-21(19)29)15-24-13-14-27(23)22(30)25-17-8-10-18(31-3)11-9-17/h8-11,24H,4-7,12-15H2,1-3H3,(H,25,30)(H,26,28,29). The lowest BCUT2D eigenvalue weighted by Gasteiger charge is -2.48. The number of methoxy groups -OCH3 is 1. The van der Waals surface area contributed by atoms with E-state index in [1.165, 1.54) is 0 Å². The lowest BCUT2D eigenvalue weighted by atomic mass is 9.79. The van der Waals surface area contributed by atoms with Crippen LogP contribution in [0.1, 0.15) is 46.0 Å². The third-order valence-corrected chi connectivity index (χ3v) is 6.11. The fourth-order valence-corrected chi connectivity index (χ4v) is 4.48. The van der Waals surface area contributed by atoms with Crippen molar-refractivity contribution in [1.82, 2.24) is 15.5 Å². The maximum atomic E-state index is 13.4. The molecule has 8 heteroatoms. The monoisotopic (exact) mass is 428 g/mol. The number of rotatable bonds is 8. The van der Waals surface area contributed by atoms with Gasteiger partial charge in [0, 0.05) is 30.9 Å². The molecule has 1 aromatic rings. The van der Waals surface area contributed by atoms with E-state index in [9.17, 15) is 14.4 Å². The molecule has 8 nitrogen and oxygen atoms in total. The number of nitrogens with one attached hydrogen (secondary N) is 3. The van der Waals surface area contributed by atoms with Gasteiger partial charge in [0.25, 0.3) is 11.8 Å². The van der Waals surface area contributed by atoms with E-state index in [1.54, 1.807) is 43.2 Å². The second kappa shape index (κ2) is 9.96. The fraction of sp³-hybridized carbons (Fsp3) is 0.522. The van der Waals surface area contributed by atoms with Gasteiger partial charge in [-0.3, -0.25) is 14.9 Å². The zero-order valence-electron chi connectivity index (χ0n) is 18.5. The first-order valence-corrected chi connectivity index (χ1v) is 10.9. The second-order valence-corrected chi connectivity index (χ2v) is 8.11. The Bertz CT molecular complexity index is 865. The summed E-state index contributed by atoms with van der Waals surface area (Å²) in [6.45, 7) is 5.30. The minimum atomic E-state index is -0.872. The molecule has 4 amide bonds. The van der Waals surface area contributed by atoms with E-state index in [2.05, 4.69) is 22.9 Å². The van der Waals surface area contributed by atoms with E-state index < -0.39 is 11.4 Å². The zero-order chi connectivity index (χ0) is 22.4. The molecule has 1 unspecified atom stereocenters. The summed E-state index contributed by atoms with van der Waals surface area (Å²) in [4.78, 5) is 40.2. The van der Waals surface area contributed by atoms with Crippen LogP contribution in [0.5, 0.6) is 5.75 Å². The molecule has 168 valence electrons. The summed E-state index contributed by atoms with van der Waals surface area (Å²) < 4.78 is 5.18. The van der Waals surface area contributed by atoms with Gasteiger partial charge in [0.05, 0.1) is 18.2 Å². The first-order valence-electron chi connectivity index (χ1n) is 10.9. The average Bonchev–Trinajstić information content (AvgIpc) is 3.03. The van der Waals surface area contributed by atoms with Gasteiger partial charge in [0.1, 0.15) is 5.75 Å². The van der Waals surface area contributed by atoms with Gasteiger partial charge >= 0.3 is 6.03 Å². The number of benzene rings is 1. The summed E-state index contributed by atoms with van der Waals surface area (Å²) in [7, 11) is 1.59. The van der Waals surface area contributed by atoms with Crippen LogP contribution in [-0.2, 0) is 9.59 Å². The van der Waals surface area contributed by atoms with E-state index in [0.29, 0.717) is 48.6 Å². The van der Waals surface area contributed by atoms with E-state index in [1.807, 2.05) is 0 Å². The maximum absolute atomic E-state index is 13.4. The normalized spacial score (nSPS) is 21.3. The Morgan fingerprint density at radius 1 is 1.16 bits per heavy atom. The second-order valence-electron chi connectivity index (χ2n) is 8.11. The Labute approximate surface area is 183 Å². The van der Waals surface area contributed by atoms with Crippen LogP contribution < -0.4 is 20.7 Å². The Morgan fingerprint density at radius 2 is 1.90 bits per heavy atom. The van der Waals surface area contributed by atoms with Crippen LogP contribution in [0.25, 0.3) is 0 Å². The first kappa shape index (κ1) is 22.8. The number of hydrogen-bond acceptors (Lipinski definition) is 5. The molecule has 1 atom stereocenters. The number of ether oxygens (including phenoxy) is 1. The van der Waals surface area contributed by atoms with Crippen LogP contribution in [0.3, 0.4) is 0 Å². The van der Waals surface area contributed by atoms with Crippen LogP contribution >= 0.6 is 0 Å². The number of hydrogen-bond donors (Lipinski definition) is 3. The summed E-state index contributed by atoms with van der Waals surface area (Å²) in [6.07, 6.45) is 4.66. The summed E-state index contributed by atoms with van der Waals surface area (Å²) in [5, 5.41) is 8.71. The highest BCUT2D eigenvalue weighted by Gasteiger charge is 2.50. The summed E-state index contributed by atoms with van der Waals surface area (Å²) >= 11 is 0. The SMILES string of the molecule is CCCCCCC1(C2=C(C)C(=O)NC2=O)CNCCN1C(=O)Nc1ccc(OC)cc1. The van der Waals surface area contributed by atoms with Gasteiger partial charge < -0.3 is 20.3 Å². The number of nitrogens with zero attached hydrogens (tertiary/aromatic N) is 1. The van der Waals surface area contributed by atoms with Crippen molar-refractivity contribution in [1.29, 1.82) is 0 Å². The summed E-state index contributed by atoms with van der Waals surface area (Å²) in [5.41, 5.74) is 0.572. The fourth-order valence-electron chi connectivity index (χ4n) is 4.48. The number of carbonyl (C=O) groups is 3. The largest absolute Gasteiger partial charge is 0.497 e. The molecule has 0 bridgehead atoms. The number of unbranched alkanes of at least 4 members (excludes halogenated alkanes) is 3. The van der Waals surface area contributed by atoms with Crippen molar-refractivity contribution in [2.45, 2.75) is 51.5 Å². The summed E-state index contributed by atoms with van der Waals surface area (Å²) in [6, 6.07) is 6.83. The molecule has 31 heavy (non-hydrogen) atoms. The minimum Gasteiger partial charge on any atom is -0.497 e. The van der Waals surface area contributed by atoms with E-state index in [-0.39, 0.29) is 11.9 Å². The molecule has 1 saturated heterocycles. The van der Waals surface area contributed by atoms with Gasteiger partial charge in [-0.1, -0.05) is 32.6 Å². The van der Waals surface area contributed by atoms with Crippen molar-refractivity contribution in [2.24, 2.45) is 0 Å². The van der Waals surface area contributed by atoms with Crippen LogP contribution in [0.2, 0.25) is 0 Å². The topological polar surface area (TPSA) is 99.8 Å². The lowest BCUT2D eigenvalue weighted by molar-refractivity contribution is -0.124. The molecule has 0 saturated carbocycles. The molecule has 0 radical (unpaired) electrons. The van der Waals surface area contributed by atoms with E-state index in [4.69, 9.17) is 4.74 Å². The van der Waals surface area contributed by atoms with Gasteiger partial charge in [-0.05, 0) is 37.6 Å². The highest BCUT2D eigenvalue weighted by atomic mass is 16.5. The predicted molar refractivity (Wildman–Crippen MR) is 119 cm³/mol. The van der Waals surface area contributed by atoms with Crippen molar-refractivity contribution < 1.29 is 19.1 Å². The molecular formula is C23H32N4O4. The molecule has 3 rings (SSSR count). The van der Waals surface area contributed by atoms with Gasteiger partial charge in [0.15, 0.2) is 0 Å². The van der Waals surface area contributed by atoms with Crippen LogP contribution in [0, 0.1) is 0 Å². The number of piperazine rings is 1. The van der Waals surface area contributed by atoms with Crippen LogP contribution in [-0.4, -0.2) is 55.0 Å². The maximum Gasteiger partial charge on any atom is 0.322 e. The van der Waals surface area contributed by atoms with Crippen LogP contribution in [0.4, 0.5) is 10.5 Å². The lowest BCUT2D eigenvalue weighted by Crippen LogP contribution is -2.65. The Morgan fingerprint density at radius 3 is 2.52 bits per heavy atom. The number of anilines is 1. The summed E-state index contributed by atoms with van der Waals surface area (Å²) in [5.74, 6) is -0.0784. The van der Waals surface area contributed by atoms with Gasteiger partial charge in [-0.25, -0.2) is 4.79 Å². The van der Waals surface area contributed by atoms with Crippen LogP contribution in [0.15, 0.2) is 35.4 Å². The van der Waals surface area contributed by atoms with Crippen molar-refractivity contribution in [3.63, 3.8) is 0 Å². The molecule has 2 aliphatic rings. The highest BCUT2D eigenvalue weighted by molar-refractivity contribution is 6.20. The molecule has 0 aromatic heterocycles. The third kappa shape index (κ3) is 4.74. The van der Waals surface area contributed by atoms with Crippen molar-refractivity contribution in [3.05, 3.63) is 35.4 Å². The average molecular weight is 429 g/mol. The van der Waals surface area contributed by atoms with Crippen molar-refractivity contribution in [3.8, 4) is 5.75 Å². The molecule has 0 spiro atoms. The quantitative estimate of drug-likeness (QED) is 0.437. The molecular weight excluding hydrogens is 396 g/mol. The first-order chi connectivity index (χ1) is 14.9.